The summed E-state index contributed by atoms with van der Waals surface area (Å²) < 4.78 is 15.5. The molecule has 0 radical (unpaired) electrons. The van der Waals surface area contributed by atoms with E-state index in [4.69, 9.17) is 9.47 Å². The topological polar surface area (TPSA) is 44.8 Å². The Hall–Kier alpha value is -1.36. The van der Waals surface area contributed by atoms with Crippen LogP contribution in [0.4, 0.5) is 0 Å². The van der Waals surface area contributed by atoms with E-state index in [0.29, 0.717) is 25.4 Å². The maximum Gasteiger partial charge on any atom is 0.306 e. The van der Waals surface area contributed by atoms with Crippen LogP contribution in [0.5, 0.6) is 11.5 Å². The van der Waals surface area contributed by atoms with E-state index in [1.54, 1.807) is 11.8 Å². The Morgan fingerprint density at radius 1 is 1.35 bits per heavy atom. The maximum absolute atomic E-state index is 11.0. The normalized spacial score (nSPS) is 13.2. The molecule has 4 nitrogen and oxygen atoms in total. The molecule has 1 aromatic carbocycles. The fourth-order valence-electron chi connectivity index (χ4n) is 1.47. The standard InChI is InChI=1S/C12H14O4S/c1-14-12(13)4-7-17-9-2-3-10-11(8-9)16-6-5-15-10/h2-3,8H,4-7H2,1H3. The minimum Gasteiger partial charge on any atom is -0.486 e. The molecule has 5 heteroatoms. The van der Waals surface area contributed by atoms with Crippen molar-refractivity contribution in [3.05, 3.63) is 18.2 Å². The van der Waals surface area contributed by atoms with Gasteiger partial charge in [-0.2, -0.15) is 0 Å². The predicted molar refractivity (Wildman–Crippen MR) is 64.8 cm³/mol. The highest BCUT2D eigenvalue weighted by Gasteiger charge is 2.11. The molecule has 0 amide bonds. The summed E-state index contributed by atoms with van der Waals surface area (Å²) in [6.07, 6.45) is 0.412. The van der Waals surface area contributed by atoms with Crippen molar-refractivity contribution in [2.24, 2.45) is 0 Å². The van der Waals surface area contributed by atoms with E-state index in [-0.39, 0.29) is 5.97 Å². The van der Waals surface area contributed by atoms with E-state index >= 15 is 0 Å². The van der Waals surface area contributed by atoms with Crippen molar-refractivity contribution in [3.63, 3.8) is 0 Å². The molecule has 0 aromatic heterocycles. The van der Waals surface area contributed by atoms with Crippen molar-refractivity contribution >= 4 is 17.7 Å². The second-order valence-corrected chi connectivity index (χ2v) is 4.65. The number of esters is 1. The van der Waals surface area contributed by atoms with E-state index < -0.39 is 0 Å². The van der Waals surface area contributed by atoms with E-state index in [9.17, 15) is 4.79 Å². The van der Waals surface area contributed by atoms with Gasteiger partial charge in [0.2, 0.25) is 0 Å². The van der Waals surface area contributed by atoms with Crippen LogP contribution in [0.2, 0.25) is 0 Å². The van der Waals surface area contributed by atoms with Gasteiger partial charge in [0.05, 0.1) is 13.5 Å². The van der Waals surface area contributed by atoms with E-state index in [2.05, 4.69) is 4.74 Å². The number of fused-ring (bicyclic) bond motifs is 1. The van der Waals surface area contributed by atoms with Crippen LogP contribution in [0.15, 0.2) is 23.1 Å². The molecule has 0 saturated heterocycles. The lowest BCUT2D eigenvalue weighted by Gasteiger charge is -2.18. The molecule has 0 atom stereocenters. The van der Waals surface area contributed by atoms with Crippen LogP contribution in [-0.4, -0.2) is 32.0 Å². The lowest BCUT2D eigenvalue weighted by molar-refractivity contribution is -0.140. The Bertz CT molecular complexity index is 405. The van der Waals surface area contributed by atoms with Crippen molar-refractivity contribution in [2.45, 2.75) is 11.3 Å². The molecule has 0 N–H and O–H groups in total. The molecule has 92 valence electrons. The fraction of sp³-hybridized carbons (Fsp3) is 0.417. The van der Waals surface area contributed by atoms with E-state index in [1.165, 1.54) is 7.11 Å². The average molecular weight is 254 g/mol. The molecule has 0 spiro atoms. The summed E-state index contributed by atoms with van der Waals surface area (Å²) in [6, 6.07) is 5.81. The molecule has 1 aromatic rings. The summed E-state index contributed by atoms with van der Waals surface area (Å²) in [6.45, 7) is 1.19. The number of carbonyl (C=O) groups is 1. The molecule has 1 heterocycles. The van der Waals surface area contributed by atoms with Gasteiger partial charge in [0.15, 0.2) is 11.5 Å². The summed E-state index contributed by atoms with van der Waals surface area (Å²) in [5, 5.41) is 0. The van der Waals surface area contributed by atoms with Crippen LogP contribution >= 0.6 is 11.8 Å². The number of carbonyl (C=O) groups excluding carboxylic acids is 1. The van der Waals surface area contributed by atoms with Crippen LogP contribution in [0.3, 0.4) is 0 Å². The summed E-state index contributed by atoms with van der Waals surface area (Å²) in [4.78, 5) is 12.0. The number of ether oxygens (including phenoxy) is 3. The van der Waals surface area contributed by atoms with Crippen molar-refractivity contribution < 1.29 is 19.0 Å². The quantitative estimate of drug-likeness (QED) is 0.608. The zero-order chi connectivity index (χ0) is 12.1. The summed E-state index contributed by atoms with van der Waals surface area (Å²) >= 11 is 1.60. The Labute approximate surface area is 104 Å². The highest BCUT2D eigenvalue weighted by Crippen LogP contribution is 2.34. The number of methoxy groups -OCH3 is 1. The fourth-order valence-corrected chi connectivity index (χ4v) is 2.33. The van der Waals surface area contributed by atoms with Gasteiger partial charge in [-0.15, -0.1) is 11.8 Å². The van der Waals surface area contributed by atoms with Crippen LogP contribution in [0, 0.1) is 0 Å². The monoisotopic (exact) mass is 254 g/mol. The van der Waals surface area contributed by atoms with Crippen LogP contribution in [0.25, 0.3) is 0 Å². The van der Waals surface area contributed by atoms with Gasteiger partial charge >= 0.3 is 5.97 Å². The molecule has 0 unspecified atom stereocenters. The second-order valence-electron chi connectivity index (χ2n) is 3.48. The average Bonchev–Trinajstić information content (AvgIpc) is 2.38. The number of benzene rings is 1. The minimum absolute atomic E-state index is 0.185. The first-order valence-corrected chi connectivity index (χ1v) is 6.37. The zero-order valence-electron chi connectivity index (χ0n) is 9.60. The first-order chi connectivity index (χ1) is 8.29. The van der Waals surface area contributed by atoms with Gasteiger partial charge in [-0.3, -0.25) is 4.79 Å². The maximum atomic E-state index is 11.0. The molecule has 1 aliphatic rings. The Morgan fingerprint density at radius 2 is 2.12 bits per heavy atom. The van der Waals surface area contributed by atoms with Crippen molar-refractivity contribution in [1.29, 1.82) is 0 Å². The molecular formula is C12H14O4S. The third kappa shape index (κ3) is 3.30. The summed E-state index contributed by atoms with van der Waals surface area (Å²) in [5.41, 5.74) is 0. The van der Waals surface area contributed by atoms with Crippen LogP contribution < -0.4 is 9.47 Å². The van der Waals surface area contributed by atoms with Gasteiger partial charge in [-0.1, -0.05) is 0 Å². The molecule has 0 bridgehead atoms. The Morgan fingerprint density at radius 3 is 2.88 bits per heavy atom. The van der Waals surface area contributed by atoms with Crippen LogP contribution in [0.1, 0.15) is 6.42 Å². The summed E-state index contributed by atoms with van der Waals surface area (Å²) in [7, 11) is 1.40. The van der Waals surface area contributed by atoms with Crippen LogP contribution in [-0.2, 0) is 9.53 Å². The Kier molecular flexibility index (Phi) is 4.14. The third-order valence-corrected chi connectivity index (χ3v) is 3.31. The molecule has 1 aliphatic heterocycles. The van der Waals surface area contributed by atoms with Gasteiger partial charge in [0.25, 0.3) is 0 Å². The van der Waals surface area contributed by atoms with Gasteiger partial charge < -0.3 is 14.2 Å². The number of hydrogen-bond acceptors (Lipinski definition) is 5. The highest BCUT2D eigenvalue weighted by molar-refractivity contribution is 7.99. The molecule has 0 fully saturated rings. The van der Waals surface area contributed by atoms with Gasteiger partial charge in [0, 0.05) is 10.6 Å². The van der Waals surface area contributed by atoms with Gasteiger partial charge in [0.1, 0.15) is 13.2 Å². The largest absolute Gasteiger partial charge is 0.486 e. The molecule has 0 saturated carbocycles. The number of thioether (sulfide) groups is 1. The first-order valence-electron chi connectivity index (χ1n) is 5.39. The number of rotatable bonds is 4. The first kappa shape index (κ1) is 12.1. The van der Waals surface area contributed by atoms with E-state index in [1.807, 2.05) is 18.2 Å². The van der Waals surface area contributed by atoms with Gasteiger partial charge in [-0.25, -0.2) is 0 Å². The zero-order valence-corrected chi connectivity index (χ0v) is 10.4. The van der Waals surface area contributed by atoms with Crippen molar-refractivity contribution in [1.82, 2.24) is 0 Å². The molecule has 17 heavy (non-hydrogen) atoms. The lowest BCUT2D eigenvalue weighted by Crippen LogP contribution is -2.15. The Balaban J connectivity index is 1.91. The SMILES string of the molecule is COC(=O)CCSc1ccc2c(c1)OCCO2. The lowest BCUT2D eigenvalue weighted by atomic mass is 10.3. The predicted octanol–water partition coefficient (Wildman–Crippen LogP) is 2.11. The third-order valence-electron chi connectivity index (χ3n) is 2.32. The molecule has 2 rings (SSSR count). The van der Waals surface area contributed by atoms with Gasteiger partial charge in [-0.05, 0) is 18.2 Å². The molecule has 0 aliphatic carbocycles. The van der Waals surface area contributed by atoms with Crippen molar-refractivity contribution in [2.75, 3.05) is 26.1 Å². The summed E-state index contributed by atoms with van der Waals surface area (Å²) in [5.74, 6) is 2.08. The smallest absolute Gasteiger partial charge is 0.306 e. The van der Waals surface area contributed by atoms with E-state index in [0.717, 1.165) is 16.4 Å². The minimum atomic E-state index is -0.185. The molecular weight excluding hydrogens is 240 g/mol. The highest BCUT2D eigenvalue weighted by atomic mass is 32.2. The second kappa shape index (κ2) is 5.82. The van der Waals surface area contributed by atoms with Crippen molar-refractivity contribution in [3.8, 4) is 11.5 Å². The number of hydrogen-bond donors (Lipinski definition) is 0.